The number of aryl methyl sites for hydroxylation is 1. The lowest BCUT2D eigenvalue weighted by molar-refractivity contribution is -0.140. The average molecular weight is 641 g/mol. The molecule has 1 spiro atoms. The number of esters is 1. The van der Waals surface area contributed by atoms with Crippen LogP contribution in [-0.4, -0.2) is 66.2 Å². The lowest BCUT2D eigenvalue weighted by atomic mass is 9.69. The third-order valence-electron chi connectivity index (χ3n) is 8.33. The fourth-order valence-electron chi connectivity index (χ4n) is 5.87. The van der Waals surface area contributed by atoms with Crippen molar-refractivity contribution in [1.82, 2.24) is 9.55 Å². The third-order valence-corrected chi connectivity index (χ3v) is 8.68. The van der Waals surface area contributed by atoms with Crippen LogP contribution in [0.1, 0.15) is 47.4 Å². The van der Waals surface area contributed by atoms with E-state index < -0.39 is 40.7 Å². The molecular weight excluding hydrogens is 608 g/mol. The summed E-state index contributed by atoms with van der Waals surface area (Å²) in [6.07, 6.45) is 2.95. The summed E-state index contributed by atoms with van der Waals surface area (Å²) >= 11 is 6.56. The van der Waals surface area contributed by atoms with Gasteiger partial charge in [-0.15, -0.1) is 0 Å². The summed E-state index contributed by atoms with van der Waals surface area (Å²) in [5.41, 5.74) is -1.74. The lowest BCUT2D eigenvalue weighted by Crippen LogP contribution is -2.53. The number of carbonyl (C=O) groups excluding carboxylic acids is 3. The van der Waals surface area contributed by atoms with E-state index in [-0.39, 0.29) is 52.9 Å². The molecule has 1 aliphatic heterocycles. The third kappa shape index (κ3) is 5.22. The monoisotopic (exact) mass is 640 g/mol. The van der Waals surface area contributed by atoms with Crippen molar-refractivity contribution >= 4 is 29.1 Å². The molecule has 238 valence electrons. The Morgan fingerprint density at radius 2 is 1.82 bits per heavy atom. The van der Waals surface area contributed by atoms with Crippen LogP contribution >= 0.6 is 11.6 Å². The number of ether oxygens (including phenoxy) is 6. The molecule has 5 rings (SSSR count). The van der Waals surface area contributed by atoms with Gasteiger partial charge in [-0.3, -0.25) is 14.4 Å². The molecule has 45 heavy (non-hydrogen) atoms. The summed E-state index contributed by atoms with van der Waals surface area (Å²) in [6.45, 7) is 1.78. The Hall–Kier alpha value is -4.71. The number of imidazole rings is 1. The molecule has 2 aromatic carbocycles. The Balaban J connectivity index is 1.62. The zero-order valence-electron chi connectivity index (χ0n) is 25.6. The van der Waals surface area contributed by atoms with Crippen LogP contribution in [0, 0.1) is 5.92 Å². The highest BCUT2D eigenvalue weighted by molar-refractivity contribution is 6.35. The molecule has 1 aromatic heterocycles. The van der Waals surface area contributed by atoms with Crippen molar-refractivity contribution in [2.45, 2.75) is 37.9 Å². The summed E-state index contributed by atoms with van der Waals surface area (Å²) in [4.78, 5) is 44.9. The number of hydrogen-bond acceptors (Lipinski definition) is 11. The van der Waals surface area contributed by atoms with Gasteiger partial charge in [0.05, 0.1) is 34.9 Å². The molecule has 12 nitrogen and oxygen atoms in total. The van der Waals surface area contributed by atoms with E-state index >= 15 is 0 Å². The minimum atomic E-state index is -2.02. The first-order valence-corrected chi connectivity index (χ1v) is 14.4. The highest BCUT2D eigenvalue weighted by Crippen LogP contribution is 2.56. The molecule has 0 saturated carbocycles. The summed E-state index contributed by atoms with van der Waals surface area (Å²) < 4.78 is 35.3. The Kier molecular flexibility index (Phi) is 8.70. The number of hydrogen-bond donors (Lipinski definition) is 1. The second-order valence-electron chi connectivity index (χ2n) is 10.7. The number of benzene rings is 2. The zero-order valence-corrected chi connectivity index (χ0v) is 26.4. The lowest BCUT2D eigenvalue weighted by Gasteiger charge is -2.38. The first-order chi connectivity index (χ1) is 21.5. The van der Waals surface area contributed by atoms with Gasteiger partial charge in [0.15, 0.2) is 28.8 Å². The SMILES string of the molecule is COC(=O)C[C@@H](C1=C(O)[C@@]2(Oc3c(Cl)c(OC)cc(OC)c3C2=O)[C@H](C)CC1=O)c1ccc(OCc2nccn2C)c(OC)c1. The van der Waals surface area contributed by atoms with Gasteiger partial charge in [0, 0.05) is 49.3 Å². The van der Waals surface area contributed by atoms with Gasteiger partial charge in [0.25, 0.3) is 0 Å². The quantitative estimate of drug-likeness (QED) is 0.306. The summed E-state index contributed by atoms with van der Waals surface area (Å²) in [5.74, 6) is -2.54. The maximum Gasteiger partial charge on any atom is 0.306 e. The number of ketones is 2. The summed E-state index contributed by atoms with van der Waals surface area (Å²) in [6, 6.07) is 6.34. The predicted octanol–water partition coefficient (Wildman–Crippen LogP) is 4.76. The van der Waals surface area contributed by atoms with E-state index in [0.717, 1.165) is 0 Å². The molecule has 13 heteroatoms. The number of allylic oxidation sites excluding steroid dienone is 1. The molecular formula is C32H33ClN2O10. The fraction of sp³-hybridized carbons (Fsp3) is 0.375. The Labute approximate surface area is 264 Å². The van der Waals surface area contributed by atoms with E-state index in [1.54, 1.807) is 37.5 Å². The van der Waals surface area contributed by atoms with Crippen LogP contribution in [0.25, 0.3) is 0 Å². The Bertz CT molecular complexity index is 1710. The van der Waals surface area contributed by atoms with Crippen LogP contribution in [0.5, 0.6) is 28.7 Å². The van der Waals surface area contributed by atoms with Crippen LogP contribution in [0.15, 0.2) is 48.0 Å². The van der Waals surface area contributed by atoms with Gasteiger partial charge in [-0.25, -0.2) is 4.98 Å². The van der Waals surface area contributed by atoms with Crippen molar-refractivity contribution in [3.8, 4) is 28.7 Å². The molecule has 0 radical (unpaired) electrons. The molecule has 3 aromatic rings. The van der Waals surface area contributed by atoms with Crippen molar-refractivity contribution in [2.75, 3.05) is 28.4 Å². The van der Waals surface area contributed by atoms with Crippen LogP contribution in [0.4, 0.5) is 0 Å². The smallest absolute Gasteiger partial charge is 0.306 e. The molecule has 0 bridgehead atoms. The first kappa shape index (κ1) is 31.7. The second-order valence-corrected chi connectivity index (χ2v) is 11.1. The van der Waals surface area contributed by atoms with Gasteiger partial charge in [-0.1, -0.05) is 24.6 Å². The zero-order chi connectivity index (χ0) is 32.6. The fourth-order valence-corrected chi connectivity index (χ4v) is 6.14. The second kappa shape index (κ2) is 12.4. The average Bonchev–Trinajstić information content (AvgIpc) is 3.59. The summed E-state index contributed by atoms with van der Waals surface area (Å²) in [5, 5.41) is 12.0. The van der Waals surface area contributed by atoms with Gasteiger partial charge in [-0.2, -0.15) is 0 Å². The molecule has 1 aliphatic carbocycles. The van der Waals surface area contributed by atoms with Crippen LogP contribution in [0.3, 0.4) is 0 Å². The van der Waals surface area contributed by atoms with Crippen molar-refractivity contribution in [3.05, 3.63) is 70.0 Å². The van der Waals surface area contributed by atoms with Crippen LogP contribution < -0.4 is 23.7 Å². The largest absolute Gasteiger partial charge is 0.507 e. The molecule has 0 fully saturated rings. The van der Waals surface area contributed by atoms with E-state index in [0.29, 0.717) is 22.9 Å². The molecule has 2 aliphatic rings. The number of Topliss-reactive ketones (excluding diaryl/α,β-unsaturated/α-hetero) is 2. The number of aliphatic hydroxyl groups excluding tert-OH is 1. The Morgan fingerprint density at radius 3 is 2.44 bits per heavy atom. The number of rotatable bonds is 10. The van der Waals surface area contributed by atoms with Crippen molar-refractivity contribution in [1.29, 1.82) is 0 Å². The van der Waals surface area contributed by atoms with E-state index in [9.17, 15) is 19.5 Å². The number of aromatic nitrogens is 2. The first-order valence-electron chi connectivity index (χ1n) is 14.0. The van der Waals surface area contributed by atoms with Gasteiger partial charge in [-0.05, 0) is 17.7 Å². The Morgan fingerprint density at radius 1 is 1.11 bits per heavy atom. The predicted molar refractivity (Wildman–Crippen MR) is 161 cm³/mol. The molecule has 3 atom stereocenters. The number of aliphatic hydroxyl groups is 1. The minimum Gasteiger partial charge on any atom is -0.507 e. The number of carbonyl (C=O) groups is 3. The van der Waals surface area contributed by atoms with E-state index in [4.69, 9.17) is 40.0 Å². The van der Waals surface area contributed by atoms with E-state index in [1.807, 2.05) is 11.6 Å². The standard InChI is InChI=1S/C32H33ClN2O10/c1-16-11-19(36)26(30(38)32(16)31(39)27-22(41-4)14-23(42-5)28(33)29(27)45-32)18(13-25(37)43-6)17-7-8-20(21(12-17)40-3)44-15-24-34-9-10-35(24)2/h7-10,12,14,16,18,38H,11,13,15H2,1-6H3/t16-,18-,32+/m1/s1. The molecule has 2 heterocycles. The number of halogens is 1. The molecule has 1 N–H and O–H groups in total. The highest BCUT2D eigenvalue weighted by Gasteiger charge is 2.61. The van der Waals surface area contributed by atoms with Gasteiger partial charge < -0.3 is 38.1 Å². The molecule has 0 unspecified atom stereocenters. The van der Waals surface area contributed by atoms with E-state index in [2.05, 4.69) is 4.98 Å². The summed E-state index contributed by atoms with van der Waals surface area (Å²) in [7, 11) is 7.29. The maximum atomic E-state index is 14.2. The number of fused-ring (bicyclic) bond motifs is 1. The maximum absolute atomic E-state index is 14.2. The van der Waals surface area contributed by atoms with Crippen molar-refractivity contribution < 1.29 is 47.9 Å². The van der Waals surface area contributed by atoms with Gasteiger partial charge in [0.1, 0.15) is 34.5 Å². The number of methoxy groups -OCH3 is 4. The highest BCUT2D eigenvalue weighted by atomic mass is 35.5. The molecule has 0 saturated heterocycles. The van der Waals surface area contributed by atoms with E-state index in [1.165, 1.54) is 34.5 Å². The van der Waals surface area contributed by atoms with Crippen LogP contribution in [-0.2, 0) is 28.0 Å². The normalized spacial score (nSPS) is 19.7. The number of nitrogens with zero attached hydrogens (tertiary/aromatic N) is 2. The topological polar surface area (TPSA) is 145 Å². The molecule has 0 amide bonds. The van der Waals surface area contributed by atoms with Crippen molar-refractivity contribution in [2.24, 2.45) is 13.0 Å². The van der Waals surface area contributed by atoms with Gasteiger partial charge in [0.2, 0.25) is 11.4 Å². The van der Waals surface area contributed by atoms with Crippen molar-refractivity contribution in [3.63, 3.8) is 0 Å². The van der Waals surface area contributed by atoms with Gasteiger partial charge >= 0.3 is 5.97 Å². The van der Waals surface area contributed by atoms with Crippen LogP contribution in [0.2, 0.25) is 5.02 Å². The minimum absolute atomic E-state index is 0.00829.